The summed E-state index contributed by atoms with van der Waals surface area (Å²) in [4.78, 5) is 13.0. The number of unbranched alkanes of at least 4 members (excludes halogenated alkanes) is 9. The standard InChI is InChI=1S/C16H32N2O2/c1-2-3-4-5-6-7-8-9-10-11-13-18-14-12-17-15(18)16(19)20/h15,17H,2-14H2,1H3,(H,19,20). The van der Waals surface area contributed by atoms with Gasteiger partial charge >= 0.3 is 5.97 Å². The molecule has 2 N–H and O–H groups in total. The molecule has 118 valence electrons. The third-order valence-electron chi connectivity index (χ3n) is 4.13. The molecule has 0 aromatic rings. The van der Waals surface area contributed by atoms with Crippen LogP contribution in [-0.2, 0) is 4.79 Å². The quantitative estimate of drug-likeness (QED) is 0.540. The maximum absolute atomic E-state index is 11.0. The van der Waals surface area contributed by atoms with Gasteiger partial charge in [0, 0.05) is 19.6 Å². The minimum Gasteiger partial charge on any atom is -0.479 e. The van der Waals surface area contributed by atoms with Gasteiger partial charge in [-0.05, 0) is 6.42 Å². The van der Waals surface area contributed by atoms with Crippen LogP contribution in [0.1, 0.15) is 71.1 Å². The Bertz CT molecular complexity index is 259. The van der Waals surface area contributed by atoms with Gasteiger partial charge in [-0.25, -0.2) is 4.79 Å². The fourth-order valence-corrected chi connectivity index (χ4v) is 2.89. The zero-order valence-corrected chi connectivity index (χ0v) is 13.1. The molecule has 0 bridgehead atoms. The Morgan fingerprint density at radius 3 is 2.15 bits per heavy atom. The first-order valence-electron chi connectivity index (χ1n) is 8.46. The summed E-state index contributed by atoms with van der Waals surface area (Å²) in [5.74, 6) is -0.741. The number of rotatable bonds is 12. The Balaban J connectivity index is 1.88. The van der Waals surface area contributed by atoms with Gasteiger partial charge in [0.05, 0.1) is 0 Å². The predicted octanol–water partition coefficient (Wildman–Crippen LogP) is 3.22. The zero-order chi connectivity index (χ0) is 14.6. The van der Waals surface area contributed by atoms with Gasteiger partial charge in [0.2, 0.25) is 0 Å². The molecule has 4 nitrogen and oxygen atoms in total. The van der Waals surface area contributed by atoms with Gasteiger partial charge in [0.25, 0.3) is 0 Å². The summed E-state index contributed by atoms with van der Waals surface area (Å²) in [5.41, 5.74) is 0. The fraction of sp³-hybridized carbons (Fsp3) is 0.938. The average molecular weight is 284 g/mol. The highest BCUT2D eigenvalue weighted by Crippen LogP contribution is 2.12. The summed E-state index contributed by atoms with van der Waals surface area (Å²) >= 11 is 0. The number of aliphatic carboxylic acids is 1. The number of carboxylic acid groups (broad SMARTS) is 1. The second-order valence-corrected chi connectivity index (χ2v) is 5.91. The topological polar surface area (TPSA) is 52.6 Å². The molecule has 0 aromatic carbocycles. The Labute approximate surface area is 123 Å². The zero-order valence-electron chi connectivity index (χ0n) is 13.1. The highest BCUT2D eigenvalue weighted by atomic mass is 16.4. The summed E-state index contributed by atoms with van der Waals surface area (Å²) in [6, 6.07) is 0. The third kappa shape index (κ3) is 7.25. The second-order valence-electron chi connectivity index (χ2n) is 5.91. The highest BCUT2D eigenvalue weighted by Gasteiger charge is 2.28. The monoisotopic (exact) mass is 284 g/mol. The van der Waals surface area contributed by atoms with Crippen molar-refractivity contribution in [1.29, 1.82) is 0 Å². The smallest absolute Gasteiger partial charge is 0.335 e. The second kappa shape index (κ2) is 11.1. The molecule has 1 aliphatic heterocycles. The lowest BCUT2D eigenvalue weighted by molar-refractivity contribution is -0.142. The summed E-state index contributed by atoms with van der Waals surface area (Å²) in [5, 5.41) is 12.1. The number of hydrogen-bond acceptors (Lipinski definition) is 3. The number of nitrogens with one attached hydrogen (secondary N) is 1. The molecule has 0 aliphatic carbocycles. The van der Waals surface area contributed by atoms with Crippen molar-refractivity contribution in [3.8, 4) is 0 Å². The molecule has 0 radical (unpaired) electrons. The van der Waals surface area contributed by atoms with E-state index in [1.165, 1.54) is 57.8 Å². The van der Waals surface area contributed by atoms with Crippen LogP contribution in [0.25, 0.3) is 0 Å². The van der Waals surface area contributed by atoms with E-state index in [-0.39, 0.29) is 0 Å². The summed E-state index contributed by atoms with van der Waals surface area (Å²) in [6.07, 6.45) is 12.8. The van der Waals surface area contributed by atoms with E-state index in [1.54, 1.807) is 0 Å². The minimum absolute atomic E-state index is 0.450. The molecule has 0 aromatic heterocycles. The maximum Gasteiger partial charge on any atom is 0.335 e. The molecule has 0 spiro atoms. The molecule has 1 unspecified atom stereocenters. The van der Waals surface area contributed by atoms with E-state index in [1.807, 2.05) is 4.90 Å². The first-order chi connectivity index (χ1) is 9.75. The van der Waals surface area contributed by atoms with Gasteiger partial charge in [-0.15, -0.1) is 0 Å². The number of carbonyl (C=O) groups is 1. The van der Waals surface area contributed by atoms with E-state index < -0.39 is 12.1 Å². The molecule has 4 heteroatoms. The van der Waals surface area contributed by atoms with Gasteiger partial charge in [-0.2, -0.15) is 0 Å². The van der Waals surface area contributed by atoms with Crippen molar-refractivity contribution in [3.63, 3.8) is 0 Å². The van der Waals surface area contributed by atoms with Gasteiger partial charge in [0.1, 0.15) is 0 Å². The fourth-order valence-electron chi connectivity index (χ4n) is 2.89. The lowest BCUT2D eigenvalue weighted by Crippen LogP contribution is -2.42. The van der Waals surface area contributed by atoms with Gasteiger partial charge in [-0.3, -0.25) is 10.2 Å². The molecule has 1 aliphatic rings. The Kier molecular flexibility index (Phi) is 9.67. The van der Waals surface area contributed by atoms with E-state index in [9.17, 15) is 4.79 Å². The van der Waals surface area contributed by atoms with Gasteiger partial charge in [-0.1, -0.05) is 64.7 Å². The molecule has 1 atom stereocenters. The van der Waals surface area contributed by atoms with Crippen LogP contribution in [0.4, 0.5) is 0 Å². The Morgan fingerprint density at radius 2 is 1.60 bits per heavy atom. The first kappa shape index (κ1) is 17.4. The Morgan fingerprint density at radius 1 is 1.05 bits per heavy atom. The van der Waals surface area contributed by atoms with Crippen molar-refractivity contribution in [1.82, 2.24) is 10.2 Å². The molecule has 1 fully saturated rings. The Hall–Kier alpha value is -0.610. The molecule has 20 heavy (non-hydrogen) atoms. The van der Waals surface area contributed by atoms with E-state index in [0.717, 1.165) is 26.1 Å². The van der Waals surface area contributed by atoms with Crippen LogP contribution in [0.2, 0.25) is 0 Å². The largest absolute Gasteiger partial charge is 0.479 e. The van der Waals surface area contributed by atoms with Crippen molar-refractivity contribution in [2.75, 3.05) is 19.6 Å². The van der Waals surface area contributed by atoms with Crippen LogP contribution in [0.3, 0.4) is 0 Å². The molecule has 1 rings (SSSR count). The number of hydrogen-bond donors (Lipinski definition) is 2. The van der Waals surface area contributed by atoms with E-state index >= 15 is 0 Å². The van der Waals surface area contributed by atoms with Crippen molar-refractivity contribution in [3.05, 3.63) is 0 Å². The molecular formula is C16H32N2O2. The van der Waals surface area contributed by atoms with E-state index in [4.69, 9.17) is 5.11 Å². The number of nitrogens with zero attached hydrogens (tertiary/aromatic N) is 1. The highest BCUT2D eigenvalue weighted by molar-refractivity contribution is 5.73. The summed E-state index contributed by atoms with van der Waals surface area (Å²) in [6.45, 7) is 4.84. The van der Waals surface area contributed by atoms with Crippen LogP contribution in [0.15, 0.2) is 0 Å². The lowest BCUT2D eigenvalue weighted by atomic mass is 10.1. The normalized spacial score (nSPS) is 19.6. The van der Waals surface area contributed by atoms with Crippen LogP contribution in [0, 0.1) is 0 Å². The number of carboxylic acids is 1. The van der Waals surface area contributed by atoms with Crippen LogP contribution < -0.4 is 5.32 Å². The molecule has 1 heterocycles. The molecule has 1 saturated heterocycles. The molecular weight excluding hydrogens is 252 g/mol. The average Bonchev–Trinajstić information content (AvgIpc) is 2.89. The molecule has 0 amide bonds. The summed E-state index contributed by atoms with van der Waals surface area (Å²) < 4.78 is 0. The SMILES string of the molecule is CCCCCCCCCCCCN1CCNC1C(=O)O. The first-order valence-corrected chi connectivity index (χ1v) is 8.46. The predicted molar refractivity (Wildman–Crippen MR) is 82.8 cm³/mol. The van der Waals surface area contributed by atoms with Gasteiger partial charge in [0.15, 0.2) is 6.17 Å². The van der Waals surface area contributed by atoms with E-state index in [0.29, 0.717) is 0 Å². The van der Waals surface area contributed by atoms with Crippen molar-refractivity contribution >= 4 is 5.97 Å². The van der Waals surface area contributed by atoms with Crippen molar-refractivity contribution in [2.45, 2.75) is 77.3 Å². The lowest BCUT2D eigenvalue weighted by Gasteiger charge is -2.20. The third-order valence-corrected chi connectivity index (χ3v) is 4.13. The minimum atomic E-state index is -0.741. The van der Waals surface area contributed by atoms with E-state index in [2.05, 4.69) is 12.2 Å². The van der Waals surface area contributed by atoms with Crippen LogP contribution >= 0.6 is 0 Å². The molecule has 0 saturated carbocycles. The van der Waals surface area contributed by atoms with Crippen molar-refractivity contribution < 1.29 is 9.90 Å². The van der Waals surface area contributed by atoms with Crippen LogP contribution in [0.5, 0.6) is 0 Å². The van der Waals surface area contributed by atoms with Crippen molar-refractivity contribution in [2.24, 2.45) is 0 Å². The van der Waals surface area contributed by atoms with Crippen LogP contribution in [-0.4, -0.2) is 41.8 Å². The summed E-state index contributed by atoms with van der Waals surface area (Å²) in [7, 11) is 0. The van der Waals surface area contributed by atoms with Gasteiger partial charge < -0.3 is 5.11 Å². The maximum atomic E-state index is 11.0.